The number of carbonyl (C=O) groups excluding carboxylic acids is 1. The summed E-state index contributed by atoms with van der Waals surface area (Å²) in [5.41, 5.74) is 1.44. The SMILES string of the molecule is O=C(c1ccc(NCc2ccc(Cl)cc2)nn1)N1CCOCC1. The van der Waals surface area contributed by atoms with Crippen LogP contribution in [0.1, 0.15) is 16.1 Å². The van der Waals surface area contributed by atoms with Gasteiger partial charge in [0.1, 0.15) is 5.82 Å². The van der Waals surface area contributed by atoms with E-state index in [0.29, 0.717) is 49.4 Å². The van der Waals surface area contributed by atoms with Crippen LogP contribution in [0.4, 0.5) is 5.82 Å². The zero-order valence-corrected chi connectivity index (χ0v) is 13.3. The summed E-state index contributed by atoms with van der Waals surface area (Å²) < 4.78 is 5.24. The summed E-state index contributed by atoms with van der Waals surface area (Å²) in [5, 5.41) is 11.9. The largest absolute Gasteiger partial charge is 0.378 e. The van der Waals surface area contributed by atoms with E-state index in [1.54, 1.807) is 17.0 Å². The van der Waals surface area contributed by atoms with E-state index in [-0.39, 0.29) is 5.91 Å². The number of aromatic nitrogens is 2. The Hall–Kier alpha value is -2.18. The number of carbonyl (C=O) groups is 1. The lowest BCUT2D eigenvalue weighted by Gasteiger charge is -2.26. The Morgan fingerprint density at radius 3 is 2.52 bits per heavy atom. The van der Waals surface area contributed by atoms with Gasteiger partial charge in [-0.1, -0.05) is 23.7 Å². The first kappa shape index (κ1) is 15.7. The van der Waals surface area contributed by atoms with Crippen LogP contribution in [0, 0.1) is 0 Å². The average Bonchev–Trinajstić information content (AvgIpc) is 2.62. The molecule has 2 heterocycles. The van der Waals surface area contributed by atoms with Crippen molar-refractivity contribution in [3.05, 3.63) is 52.7 Å². The minimum absolute atomic E-state index is 0.106. The van der Waals surface area contributed by atoms with Crippen LogP contribution in [-0.4, -0.2) is 47.3 Å². The minimum atomic E-state index is -0.106. The van der Waals surface area contributed by atoms with Crippen LogP contribution in [0.5, 0.6) is 0 Å². The van der Waals surface area contributed by atoms with Gasteiger partial charge in [0.25, 0.3) is 5.91 Å². The van der Waals surface area contributed by atoms with Crippen LogP contribution < -0.4 is 5.32 Å². The molecule has 0 unspecified atom stereocenters. The summed E-state index contributed by atoms with van der Waals surface area (Å²) in [7, 11) is 0. The van der Waals surface area contributed by atoms with Gasteiger partial charge in [0.05, 0.1) is 13.2 Å². The predicted octanol–water partition coefficient (Wildman–Crippen LogP) is 2.21. The lowest BCUT2D eigenvalue weighted by atomic mass is 10.2. The van der Waals surface area contributed by atoms with Crippen molar-refractivity contribution in [3.8, 4) is 0 Å². The third-order valence-corrected chi connectivity index (χ3v) is 3.82. The molecule has 1 aliphatic heterocycles. The molecule has 23 heavy (non-hydrogen) atoms. The molecule has 1 amide bonds. The topological polar surface area (TPSA) is 67.4 Å². The third-order valence-electron chi connectivity index (χ3n) is 3.57. The van der Waals surface area contributed by atoms with Gasteiger partial charge in [0.15, 0.2) is 5.69 Å². The van der Waals surface area contributed by atoms with Crippen LogP contribution in [0.25, 0.3) is 0 Å². The summed E-state index contributed by atoms with van der Waals surface area (Å²) in [6.45, 7) is 2.94. The maximum atomic E-state index is 12.3. The van der Waals surface area contributed by atoms with Crippen molar-refractivity contribution in [2.75, 3.05) is 31.6 Å². The Morgan fingerprint density at radius 2 is 1.87 bits per heavy atom. The number of hydrogen-bond donors (Lipinski definition) is 1. The van der Waals surface area contributed by atoms with Crippen molar-refractivity contribution in [2.45, 2.75) is 6.54 Å². The summed E-state index contributed by atoms with van der Waals surface area (Å²) in [5.74, 6) is 0.517. The van der Waals surface area contributed by atoms with Gasteiger partial charge in [-0.3, -0.25) is 4.79 Å². The van der Waals surface area contributed by atoms with E-state index in [4.69, 9.17) is 16.3 Å². The summed E-state index contributed by atoms with van der Waals surface area (Å²) >= 11 is 5.85. The Labute approximate surface area is 139 Å². The van der Waals surface area contributed by atoms with E-state index in [0.717, 1.165) is 5.56 Å². The first-order valence-electron chi connectivity index (χ1n) is 7.41. The molecule has 3 rings (SSSR count). The molecule has 0 saturated carbocycles. The van der Waals surface area contributed by atoms with Crippen molar-refractivity contribution in [1.82, 2.24) is 15.1 Å². The molecule has 0 aliphatic carbocycles. The Kier molecular flexibility index (Phi) is 5.05. The number of nitrogens with zero attached hydrogens (tertiary/aromatic N) is 3. The molecule has 0 atom stereocenters. The van der Waals surface area contributed by atoms with E-state index in [2.05, 4.69) is 15.5 Å². The van der Waals surface area contributed by atoms with E-state index < -0.39 is 0 Å². The molecule has 120 valence electrons. The van der Waals surface area contributed by atoms with E-state index in [1.807, 2.05) is 24.3 Å². The summed E-state index contributed by atoms with van der Waals surface area (Å²) in [4.78, 5) is 14.0. The molecule has 1 aromatic carbocycles. The second-order valence-corrected chi connectivity index (χ2v) is 5.62. The molecule has 1 aromatic heterocycles. The number of rotatable bonds is 4. The highest BCUT2D eigenvalue weighted by Crippen LogP contribution is 2.12. The van der Waals surface area contributed by atoms with Gasteiger partial charge in [-0.25, -0.2) is 0 Å². The van der Waals surface area contributed by atoms with Crippen molar-refractivity contribution in [2.24, 2.45) is 0 Å². The fourth-order valence-electron chi connectivity index (χ4n) is 2.26. The summed E-state index contributed by atoms with van der Waals surface area (Å²) in [6.07, 6.45) is 0. The summed E-state index contributed by atoms with van der Waals surface area (Å²) in [6, 6.07) is 11.0. The van der Waals surface area contributed by atoms with E-state index in [1.165, 1.54) is 0 Å². The number of ether oxygens (including phenoxy) is 1. The highest BCUT2D eigenvalue weighted by molar-refractivity contribution is 6.30. The highest BCUT2D eigenvalue weighted by atomic mass is 35.5. The van der Waals surface area contributed by atoms with Gasteiger partial charge in [0, 0.05) is 24.7 Å². The Balaban J connectivity index is 1.58. The Morgan fingerprint density at radius 1 is 1.13 bits per heavy atom. The third kappa shape index (κ3) is 4.18. The molecule has 1 N–H and O–H groups in total. The maximum Gasteiger partial charge on any atom is 0.274 e. The second kappa shape index (κ2) is 7.39. The molecule has 0 radical (unpaired) electrons. The van der Waals surface area contributed by atoms with E-state index in [9.17, 15) is 4.79 Å². The Bertz CT molecular complexity index is 655. The van der Waals surface area contributed by atoms with E-state index >= 15 is 0 Å². The lowest BCUT2D eigenvalue weighted by Crippen LogP contribution is -2.41. The normalized spacial score (nSPS) is 14.6. The molecule has 1 saturated heterocycles. The number of benzene rings is 1. The second-order valence-electron chi connectivity index (χ2n) is 5.19. The lowest BCUT2D eigenvalue weighted by molar-refractivity contribution is 0.0298. The highest BCUT2D eigenvalue weighted by Gasteiger charge is 2.19. The molecule has 1 aliphatic rings. The molecule has 2 aromatic rings. The monoisotopic (exact) mass is 332 g/mol. The number of halogens is 1. The fraction of sp³-hybridized carbons (Fsp3) is 0.312. The van der Waals surface area contributed by atoms with Gasteiger partial charge in [-0.15, -0.1) is 10.2 Å². The quantitative estimate of drug-likeness (QED) is 0.929. The van der Waals surface area contributed by atoms with Gasteiger partial charge in [-0.2, -0.15) is 0 Å². The number of anilines is 1. The smallest absolute Gasteiger partial charge is 0.274 e. The molecule has 1 fully saturated rings. The molecular weight excluding hydrogens is 316 g/mol. The van der Waals surface area contributed by atoms with Crippen molar-refractivity contribution in [3.63, 3.8) is 0 Å². The molecule has 7 heteroatoms. The van der Waals surface area contributed by atoms with Crippen LogP contribution in [0.2, 0.25) is 5.02 Å². The maximum absolute atomic E-state index is 12.3. The van der Waals surface area contributed by atoms with Crippen LogP contribution in [0.3, 0.4) is 0 Å². The van der Waals surface area contributed by atoms with Gasteiger partial charge in [0.2, 0.25) is 0 Å². The van der Waals surface area contributed by atoms with Gasteiger partial charge in [-0.05, 0) is 29.8 Å². The predicted molar refractivity (Wildman–Crippen MR) is 87.5 cm³/mol. The minimum Gasteiger partial charge on any atom is -0.378 e. The zero-order chi connectivity index (χ0) is 16.1. The fourth-order valence-corrected chi connectivity index (χ4v) is 2.39. The van der Waals surface area contributed by atoms with Gasteiger partial charge >= 0.3 is 0 Å². The average molecular weight is 333 g/mol. The van der Waals surface area contributed by atoms with Crippen LogP contribution in [-0.2, 0) is 11.3 Å². The van der Waals surface area contributed by atoms with Gasteiger partial charge < -0.3 is 15.0 Å². The van der Waals surface area contributed by atoms with Crippen molar-refractivity contribution in [1.29, 1.82) is 0 Å². The molecular formula is C16H17ClN4O2. The van der Waals surface area contributed by atoms with Crippen molar-refractivity contribution >= 4 is 23.3 Å². The molecule has 0 bridgehead atoms. The van der Waals surface area contributed by atoms with Crippen LogP contribution >= 0.6 is 11.6 Å². The van der Waals surface area contributed by atoms with Crippen LogP contribution in [0.15, 0.2) is 36.4 Å². The molecule has 0 spiro atoms. The first-order valence-corrected chi connectivity index (χ1v) is 7.79. The number of amides is 1. The standard InChI is InChI=1S/C16H17ClN4O2/c17-13-3-1-12(2-4-13)11-18-15-6-5-14(19-20-15)16(22)21-7-9-23-10-8-21/h1-6H,7-11H2,(H,18,20). The van der Waals surface area contributed by atoms with Crippen molar-refractivity contribution < 1.29 is 9.53 Å². The first-order chi connectivity index (χ1) is 11.2. The number of morpholine rings is 1. The number of nitrogens with one attached hydrogen (secondary N) is 1. The molecule has 6 nitrogen and oxygen atoms in total. The zero-order valence-electron chi connectivity index (χ0n) is 12.5. The number of hydrogen-bond acceptors (Lipinski definition) is 5.